The van der Waals surface area contributed by atoms with Gasteiger partial charge in [0.25, 0.3) is 0 Å². The van der Waals surface area contributed by atoms with Gasteiger partial charge in [-0.1, -0.05) is 149 Å². The highest BCUT2D eigenvalue weighted by Crippen LogP contribution is 2.54. The largest absolute Gasteiger partial charge is 0.496 e. The van der Waals surface area contributed by atoms with Crippen LogP contribution in [-0.2, 0) is 0 Å². The number of methoxy groups -OCH3 is 8. The molecule has 8 aromatic carbocycles. The molecule has 0 radical (unpaired) electrons. The molecule has 1 aliphatic carbocycles. The fourth-order valence-electron chi connectivity index (χ4n) is 13.3. The summed E-state index contributed by atoms with van der Waals surface area (Å²) in [7, 11) is 14.2. The zero-order chi connectivity index (χ0) is 59.3. The second kappa shape index (κ2) is 28.6. The average molecular weight is 1130 g/mol. The van der Waals surface area contributed by atoms with Crippen LogP contribution in [0.4, 0.5) is 0 Å². The topological polar surface area (TPSA) is 73.8 Å². The van der Waals surface area contributed by atoms with E-state index in [2.05, 4.69) is 198 Å². The number of ether oxygens (including phenoxy) is 8. The Labute approximate surface area is 501 Å². The third kappa shape index (κ3) is 13.4. The molecule has 84 heavy (non-hydrogen) atoms. The second-order valence-electron chi connectivity index (χ2n) is 23.1. The van der Waals surface area contributed by atoms with Crippen molar-refractivity contribution in [1.82, 2.24) is 0 Å². The quantitative estimate of drug-likeness (QED) is 0.0593. The molecule has 8 bridgehead atoms. The molecule has 0 heterocycles. The molecule has 0 saturated carbocycles. The van der Waals surface area contributed by atoms with E-state index in [4.69, 9.17) is 37.9 Å². The van der Waals surface area contributed by atoms with Crippen molar-refractivity contribution in [1.29, 1.82) is 0 Å². The first-order valence-corrected chi connectivity index (χ1v) is 30.2. The summed E-state index contributed by atoms with van der Waals surface area (Å²) in [6, 6.07) is 61.4. The standard InChI is InChI=1S/C76H88O8/c1-49(53-25-17-13-18-26-53)33-37-57-61-41-63(71(79-7)45-69(61)77-5)58(38-34-50(2)54-27-19-14-20-28-54)65-43-67(75(83-11)47-73(65)81-9)60(40-36-52(4)56-31-23-16-24-32-56)68-44-66(74(82-10)48-76(68)84-12)59(39-35-51(3)55-29-21-15-22-30-55)64-42-62(57)70(78-6)46-72(64)80-8/h13-32,41-52,57-60H,33-40H2,1-12H3/t49-,50-,51-,52-,57?,58?,59?,60?/m1/s1. The summed E-state index contributed by atoms with van der Waals surface area (Å²) in [5, 5.41) is 0. The van der Waals surface area contributed by atoms with Gasteiger partial charge < -0.3 is 37.9 Å². The summed E-state index contributed by atoms with van der Waals surface area (Å²) < 4.78 is 52.7. The second-order valence-corrected chi connectivity index (χ2v) is 23.1. The SMILES string of the molecule is COc1cc(OC)c2cc1C(CC[C@@H](C)c1ccccc1)c1cc(c(OC)cc1OC)C(CC[C@@H](C)c1ccccc1)c1cc(c(OC)cc1OC)C(CC[C@@H](C)c1ccccc1)c1cc(c(OC)cc1OC)C2CC[C@@H](C)c1ccccc1. The van der Waals surface area contributed by atoms with Crippen LogP contribution in [0.1, 0.15) is 193 Å². The van der Waals surface area contributed by atoms with Gasteiger partial charge in [-0.05, 0) is 122 Å². The molecule has 0 amide bonds. The van der Waals surface area contributed by atoms with Crippen molar-refractivity contribution in [3.63, 3.8) is 0 Å². The summed E-state index contributed by atoms with van der Waals surface area (Å²) >= 11 is 0. The summed E-state index contributed by atoms with van der Waals surface area (Å²) in [6.45, 7) is 9.34. The molecule has 0 N–H and O–H groups in total. The zero-order valence-electron chi connectivity index (χ0n) is 51.7. The highest BCUT2D eigenvalue weighted by atomic mass is 16.5. The third-order valence-electron chi connectivity index (χ3n) is 18.4. The molecular formula is C76H88O8. The van der Waals surface area contributed by atoms with Gasteiger partial charge in [0.05, 0.1) is 56.9 Å². The summed E-state index contributed by atoms with van der Waals surface area (Å²) in [5.41, 5.74) is 13.6. The Kier molecular flexibility index (Phi) is 20.7. The number of hydrogen-bond donors (Lipinski definition) is 0. The van der Waals surface area contributed by atoms with Gasteiger partial charge in [0, 0.05) is 92.4 Å². The Morgan fingerprint density at radius 3 is 0.536 bits per heavy atom. The van der Waals surface area contributed by atoms with E-state index in [1.807, 2.05) is 0 Å². The molecule has 8 heteroatoms. The Hall–Kier alpha value is -7.84. The lowest BCUT2D eigenvalue weighted by Gasteiger charge is -2.32. The fraction of sp³-hybridized carbons (Fsp3) is 0.368. The number of rotatable bonds is 24. The van der Waals surface area contributed by atoms with Gasteiger partial charge in [0.2, 0.25) is 0 Å². The molecule has 9 rings (SSSR count). The molecule has 0 fully saturated rings. The van der Waals surface area contributed by atoms with Gasteiger partial charge in [0.1, 0.15) is 46.0 Å². The van der Waals surface area contributed by atoms with E-state index >= 15 is 0 Å². The van der Waals surface area contributed by atoms with E-state index < -0.39 is 0 Å². The average Bonchev–Trinajstić information content (AvgIpc) is 1.85. The Morgan fingerprint density at radius 2 is 0.393 bits per heavy atom. The molecule has 0 aromatic heterocycles. The van der Waals surface area contributed by atoms with E-state index in [1.54, 1.807) is 56.9 Å². The lowest BCUT2D eigenvalue weighted by atomic mass is 9.75. The first kappa shape index (κ1) is 60.7. The van der Waals surface area contributed by atoms with Crippen molar-refractivity contribution in [3.8, 4) is 46.0 Å². The number of benzene rings is 8. The van der Waals surface area contributed by atoms with Crippen LogP contribution in [0.2, 0.25) is 0 Å². The van der Waals surface area contributed by atoms with Crippen LogP contribution in [0.5, 0.6) is 46.0 Å². The molecule has 440 valence electrons. The lowest BCUT2D eigenvalue weighted by Crippen LogP contribution is -2.15. The maximum atomic E-state index is 6.58. The summed E-state index contributed by atoms with van der Waals surface area (Å²) in [5.74, 6) is 6.13. The van der Waals surface area contributed by atoms with Gasteiger partial charge in [0.15, 0.2) is 0 Å². The molecular weight excluding hydrogens is 1040 g/mol. The van der Waals surface area contributed by atoms with Crippen molar-refractivity contribution in [2.45, 2.75) is 126 Å². The minimum atomic E-state index is -0.214. The van der Waals surface area contributed by atoms with Gasteiger partial charge >= 0.3 is 0 Å². The minimum absolute atomic E-state index is 0.214. The summed E-state index contributed by atoms with van der Waals surface area (Å²) in [6.07, 6.45) is 6.65. The summed E-state index contributed by atoms with van der Waals surface area (Å²) in [4.78, 5) is 0. The third-order valence-corrected chi connectivity index (χ3v) is 18.4. The van der Waals surface area contributed by atoms with Crippen molar-refractivity contribution in [2.75, 3.05) is 56.9 Å². The normalized spacial score (nSPS) is 17.0. The molecule has 8 aromatic rings. The molecule has 4 atom stereocenters. The Bertz CT molecular complexity index is 2820. The zero-order valence-corrected chi connectivity index (χ0v) is 51.7. The van der Waals surface area contributed by atoms with Crippen LogP contribution >= 0.6 is 0 Å². The van der Waals surface area contributed by atoms with E-state index in [0.29, 0.717) is 0 Å². The van der Waals surface area contributed by atoms with Crippen molar-refractivity contribution in [2.24, 2.45) is 0 Å². The van der Waals surface area contributed by atoms with Crippen LogP contribution in [0.3, 0.4) is 0 Å². The van der Waals surface area contributed by atoms with E-state index in [-0.39, 0.29) is 47.3 Å². The van der Waals surface area contributed by atoms with Crippen molar-refractivity contribution < 1.29 is 37.9 Å². The first-order valence-electron chi connectivity index (χ1n) is 30.2. The van der Waals surface area contributed by atoms with Gasteiger partial charge in [-0.3, -0.25) is 0 Å². The van der Waals surface area contributed by atoms with E-state index in [9.17, 15) is 0 Å². The molecule has 0 aliphatic heterocycles. The molecule has 0 saturated heterocycles. The van der Waals surface area contributed by atoms with Crippen LogP contribution < -0.4 is 37.9 Å². The number of hydrogen-bond acceptors (Lipinski definition) is 8. The molecule has 1 aliphatic rings. The number of fused-ring (bicyclic) bond motifs is 8. The first-order chi connectivity index (χ1) is 41.0. The lowest BCUT2D eigenvalue weighted by molar-refractivity contribution is 0.371. The smallest absolute Gasteiger partial charge is 0.126 e. The predicted octanol–water partition coefficient (Wildman–Crippen LogP) is 18.9. The molecule has 8 nitrogen and oxygen atoms in total. The Balaban J connectivity index is 1.39. The monoisotopic (exact) mass is 1130 g/mol. The highest BCUT2D eigenvalue weighted by molar-refractivity contribution is 5.63. The van der Waals surface area contributed by atoms with E-state index in [0.717, 1.165) is 142 Å². The predicted molar refractivity (Wildman–Crippen MR) is 342 cm³/mol. The van der Waals surface area contributed by atoms with Crippen molar-refractivity contribution >= 4 is 0 Å². The maximum Gasteiger partial charge on any atom is 0.126 e. The van der Waals surface area contributed by atoms with Crippen LogP contribution in [0.25, 0.3) is 0 Å². The van der Waals surface area contributed by atoms with Gasteiger partial charge in [-0.2, -0.15) is 0 Å². The fourth-order valence-corrected chi connectivity index (χ4v) is 13.3. The highest BCUT2D eigenvalue weighted by Gasteiger charge is 2.36. The molecule has 0 unspecified atom stereocenters. The minimum Gasteiger partial charge on any atom is -0.496 e. The molecule has 0 spiro atoms. The van der Waals surface area contributed by atoms with Gasteiger partial charge in [-0.25, -0.2) is 0 Å². The van der Waals surface area contributed by atoms with Crippen LogP contribution in [0, 0.1) is 0 Å². The maximum absolute atomic E-state index is 6.58. The van der Waals surface area contributed by atoms with Crippen LogP contribution in [0.15, 0.2) is 170 Å². The van der Waals surface area contributed by atoms with Crippen molar-refractivity contribution in [3.05, 3.63) is 237 Å². The van der Waals surface area contributed by atoms with Crippen LogP contribution in [-0.4, -0.2) is 56.9 Å². The van der Waals surface area contributed by atoms with E-state index in [1.165, 1.54) is 22.3 Å². The van der Waals surface area contributed by atoms with Gasteiger partial charge in [-0.15, -0.1) is 0 Å². The Morgan fingerprint density at radius 1 is 0.238 bits per heavy atom.